The van der Waals surface area contributed by atoms with E-state index in [1.54, 1.807) is 18.2 Å². The fourth-order valence-electron chi connectivity index (χ4n) is 2.15. The Balaban J connectivity index is 2.41. The average molecular weight is 384 g/mol. The van der Waals surface area contributed by atoms with E-state index in [-0.39, 0.29) is 4.90 Å². The molecular formula is C16H18BrNO3S. The van der Waals surface area contributed by atoms with E-state index in [1.165, 1.54) is 11.4 Å². The summed E-state index contributed by atoms with van der Waals surface area (Å²) in [6, 6.07) is 14.5. The van der Waals surface area contributed by atoms with Crippen molar-refractivity contribution in [3.63, 3.8) is 0 Å². The number of methoxy groups -OCH3 is 1. The van der Waals surface area contributed by atoms with Crippen LogP contribution in [0.4, 0.5) is 0 Å². The van der Waals surface area contributed by atoms with E-state index in [0.29, 0.717) is 23.3 Å². The summed E-state index contributed by atoms with van der Waals surface area (Å²) in [6.07, 6.45) is 0. The monoisotopic (exact) mass is 383 g/mol. The van der Waals surface area contributed by atoms with E-state index >= 15 is 0 Å². The highest BCUT2D eigenvalue weighted by atomic mass is 79.9. The van der Waals surface area contributed by atoms with Crippen LogP contribution in [0.1, 0.15) is 12.5 Å². The topological polar surface area (TPSA) is 46.6 Å². The highest BCUT2D eigenvalue weighted by Gasteiger charge is 2.27. The van der Waals surface area contributed by atoms with Gasteiger partial charge in [-0.3, -0.25) is 0 Å². The Hall–Kier alpha value is -1.37. The Kier molecular flexibility index (Phi) is 5.61. The lowest BCUT2D eigenvalue weighted by atomic mass is 10.2. The van der Waals surface area contributed by atoms with Crippen LogP contribution in [0.25, 0.3) is 0 Å². The lowest BCUT2D eigenvalue weighted by molar-refractivity contribution is 0.391. The van der Waals surface area contributed by atoms with E-state index in [1.807, 2.05) is 37.3 Å². The maximum atomic E-state index is 12.9. The molecule has 118 valence electrons. The zero-order valence-corrected chi connectivity index (χ0v) is 14.9. The summed E-state index contributed by atoms with van der Waals surface area (Å²) in [7, 11) is -2.17. The molecule has 6 heteroatoms. The SMILES string of the molecule is CCN(Cc1ccccc1)S(=O)(=O)c1cc(Br)ccc1OC. The summed E-state index contributed by atoms with van der Waals surface area (Å²) in [5.41, 5.74) is 0.946. The van der Waals surface area contributed by atoms with Crippen molar-refractivity contribution in [1.82, 2.24) is 4.31 Å². The molecule has 0 saturated heterocycles. The van der Waals surface area contributed by atoms with Crippen molar-refractivity contribution in [2.24, 2.45) is 0 Å². The molecule has 2 aromatic rings. The largest absolute Gasteiger partial charge is 0.495 e. The van der Waals surface area contributed by atoms with Gasteiger partial charge in [-0.2, -0.15) is 4.31 Å². The second-order valence-corrected chi connectivity index (χ2v) is 7.53. The molecule has 0 unspecified atom stereocenters. The van der Waals surface area contributed by atoms with Gasteiger partial charge in [-0.1, -0.05) is 53.2 Å². The quantitative estimate of drug-likeness (QED) is 0.764. The molecule has 2 rings (SSSR count). The number of ether oxygens (including phenoxy) is 1. The smallest absolute Gasteiger partial charge is 0.247 e. The maximum absolute atomic E-state index is 12.9. The van der Waals surface area contributed by atoms with E-state index in [2.05, 4.69) is 15.9 Å². The number of hydrogen-bond acceptors (Lipinski definition) is 3. The number of benzene rings is 2. The number of nitrogens with zero attached hydrogens (tertiary/aromatic N) is 1. The summed E-state index contributed by atoms with van der Waals surface area (Å²) in [5, 5.41) is 0. The zero-order valence-electron chi connectivity index (χ0n) is 12.5. The standard InChI is InChI=1S/C16H18BrNO3S/c1-3-18(12-13-7-5-4-6-8-13)22(19,20)16-11-14(17)9-10-15(16)21-2/h4-11H,3,12H2,1-2H3. The summed E-state index contributed by atoms with van der Waals surface area (Å²) in [6.45, 7) is 2.53. The third-order valence-electron chi connectivity index (χ3n) is 3.30. The summed E-state index contributed by atoms with van der Waals surface area (Å²) < 4.78 is 33.2. The van der Waals surface area contributed by atoms with Gasteiger partial charge in [-0.15, -0.1) is 0 Å². The van der Waals surface area contributed by atoms with E-state index in [4.69, 9.17) is 4.74 Å². The van der Waals surface area contributed by atoms with Crippen LogP contribution in [0.5, 0.6) is 5.75 Å². The van der Waals surface area contributed by atoms with Gasteiger partial charge < -0.3 is 4.74 Å². The van der Waals surface area contributed by atoms with E-state index in [9.17, 15) is 8.42 Å². The minimum atomic E-state index is -3.64. The van der Waals surface area contributed by atoms with Crippen LogP contribution in [-0.2, 0) is 16.6 Å². The Labute approximate surface area is 139 Å². The van der Waals surface area contributed by atoms with Crippen molar-refractivity contribution >= 4 is 26.0 Å². The Morgan fingerprint density at radius 1 is 1.14 bits per heavy atom. The van der Waals surface area contributed by atoms with Gasteiger partial charge in [-0.25, -0.2) is 8.42 Å². The number of rotatable bonds is 6. The second kappa shape index (κ2) is 7.26. The van der Waals surface area contributed by atoms with Crippen molar-refractivity contribution in [3.8, 4) is 5.75 Å². The maximum Gasteiger partial charge on any atom is 0.247 e. The third-order valence-corrected chi connectivity index (χ3v) is 5.73. The molecule has 0 bridgehead atoms. The first-order valence-electron chi connectivity index (χ1n) is 6.86. The molecule has 0 fully saturated rings. The molecule has 4 nitrogen and oxygen atoms in total. The van der Waals surface area contributed by atoms with Crippen LogP contribution >= 0.6 is 15.9 Å². The molecule has 0 spiro atoms. The summed E-state index contributed by atoms with van der Waals surface area (Å²) in [5.74, 6) is 0.342. The molecule has 22 heavy (non-hydrogen) atoms. The first-order valence-corrected chi connectivity index (χ1v) is 9.10. The van der Waals surface area contributed by atoms with Crippen molar-refractivity contribution in [2.75, 3.05) is 13.7 Å². The number of halogens is 1. The average Bonchev–Trinajstić information content (AvgIpc) is 2.53. The van der Waals surface area contributed by atoms with E-state index < -0.39 is 10.0 Å². The molecule has 0 aliphatic heterocycles. The van der Waals surface area contributed by atoms with Crippen LogP contribution in [0.3, 0.4) is 0 Å². The molecule has 0 heterocycles. The minimum absolute atomic E-state index is 0.169. The highest BCUT2D eigenvalue weighted by Crippen LogP contribution is 2.30. The van der Waals surface area contributed by atoms with Crippen molar-refractivity contribution in [2.45, 2.75) is 18.4 Å². The van der Waals surface area contributed by atoms with Crippen LogP contribution in [0.2, 0.25) is 0 Å². The van der Waals surface area contributed by atoms with Gasteiger partial charge in [0.15, 0.2) is 0 Å². The lowest BCUT2D eigenvalue weighted by Gasteiger charge is -2.22. The fourth-order valence-corrected chi connectivity index (χ4v) is 4.28. The first kappa shape index (κ1) is 17.0. The molecule has 0 aromatic heterocycles. The van der Waals surface area contributed by atoms with Gasteiger partial charge in [0.1, 0.15) is 10.6 Å². The van der Waals surface area contributed by atoms with Crippen molar-refractivity contribution in [1.29, 1.82) is 0 Å². The van der Waals surface area contributed by atoms with Crippen LogP contribution < -0.4 is 4.74 Å². The molecule has 0 aliphatic carbocycles. The normalized spacial score (nSPS) is 11.6. The van der Waals surface area contributed by atoms with Crippen LogP contribution in [0.15, 0.2) is 57.9 Å². The minimum Gasteiger partial charge on any atom is -0.495 e. The molecule has 0 saturated carbocycles. The van der Waals surface area contributed by atoms with Gasteiger partial charge in [-0.05, 0) is 23.8 Å². The molecule has 0 radical (unpaired) electrons. The predicted octanol–water partition coefficient (Wildman–Crippen LogP) is 3.67. The van der Waals surface area contributed by atoms with Crippen LogP contribution in [0, 0.1) is 0 Å². The molecule has 0 amide bonds. The zero-order chi connectivity index (χ0) is 16.2. The Morgan fingerprint density at radius 3 is 2.41 bits per heavy atom. The summed E-state index contributed by atoms with van der Waals surface area (Å²) >= 11 is 3.32. The molecule has 0 atom stereocenters. The number of sulfonamides is 1. The van der Waals surface area contributed by atoms with Gasteiger partial charge in [0.25, 0.3) is 0 Å². The van der Waals surface area contributed by atoms with Gasteiger partial charge in [0.2, 0.25) is 10.0 Å². The molecule has 0 N–H and O–H groups in total. The summed E-state index contributed by atoms with van der Waals surface area (Å²) in [4.78, 5) is 0.169. The molecular weight excluding hydrogens is 366 g/mol. The molecule has 0 aliphatic rings. The van der Waals surface area contributed by atoms with Crippen LogP contribution in [-0.4, -0.2) is 26.4 Å². The van der Waals surface area contributed by atoms with Gasteiger partial charge >= 0.3 is 0 Å². The Morgan fingerprint density at radius 2 is 1.82 bits per heavy atom. The van der Waals surface area contributed by atoms with Gasteiger partial charge in [0, 0.05) is 17.6 Å². The van der Waals surface area contributed by atoms with Crippen molar-refractivity contribution < 1.29 is 13.2 Å². The van der Waals surface area contributed by atoms with Crippen molar-refractivity contribution in [3.05, 3.63) is 58.6 Å². The van der Waals surface area contributed by atoms with Gasteiger partial charge in [0.05, 0.1) is 7.11 Å². The molecule has 2 aromatic carbocycles. The Bertz CT molecular complexity index is 732. The second-order valence-electron chi connectivity index (χ2n) is 4.71. The lowest BCUT2D eigenvalue weighted by Crippen LogP contribution is -2.30. The fraction of sp³-hybridized carbons (Fsp3) is 0.250. The first-order chi connectivity index (χ1) is 10.5. The number of hydrogen-bond donors (Lipinski definition) is 0. The highest BCUT2D eigenvalue weighted by molar-refractivity contribution is 9.10. The predicted molar refractivity (Wildman–Crippen MR) is 90.4 cm³/mol. The van der Waals surface area contributed by atoms with E-state index in [0.717, 1.165) is 5.56 Å². The third kappa shape index (κ3) is 3.69.